The smallest absolute Gasteiger partial charge is 0.335 e. The number of hydrogen-bond acceptors (Lipinski definition) is 4. The quantitative estimate of drug-likeness (QED) is 0.0754. The summed E-state index contributed by atoms with van der Waals surface area (Å²) in [6.07, 6.45) is 10.3. The van der Waals surface area contributed by atoms with Gasteiger partial charge in [-0.05, 0) is 62.9 Å². The Labute approximate surface area is 214 Å². The SMILES string of the molecule is CCOC[SiH](CCCCC=CCCl)OCCCO[Si](C)(CCc1ccc(CCl)cc1)OCC. The topological polar surface area (TPSA) is 36.9 Å². The summed E-state index contributed by atoms with van der Waals surface area (Å²) in [5.74, 6) is 1.15. The van der Waals surface area contributed by atoms with Gasteiger partial charge < -0.3 is 18.0 Å². The summed E-state index contributed by atoms with van der Waals surface area (Å²) < 4.78 is 24.3. The van der Waals surface area contributed by atoms with Crippen LogP contribution in [0.4, 0.5) is 0 Å². The van der Waals surface area contributed by atoms with Crippen LogP contribution in [-0.4, -0.2) is 56.1 Å². The van der Waals surface area contributed by atoms with Crippen molar-refractivity contribution in [2.75, 3.05) is 38.5 Å². The first-order chi connectivity index (χ1) is 16.1. The highest BCUT2D eigenvalue weighted by Gasteiger charge is 2.30. The number of aryl methyl sites for hydroxylation is 1. The van der Waals surface area contributed by atoms with E-state index in [0.717, 1.165) is 56.4 Å². The molecule has 190 valence electrons. The molecule has 1 aromatic carbocycles. The van der Waals surface area contributed by atoms with E-state index in [2.05, 4.69) is 36.9 Å². The number of unbranched alkanes of at least 4 members (excludes halogenated alkanes) is 2. The molecule has 0 heterocycles. The Morgan fingerprint density at radius 3 is 2.33 bits per heavy atom. The van der Waals surface area contributed by atoms with Gasteiger partial charge in [0.15, 0.2) is 0 Å². The third kappa shape index (κ3) is 15.4. The van der Waals surface area contributed by atoms with Crippen molar-refractivity contribution < 1.29 is 18.0 Å². The van der Waals surface area contributed by atoms with Gasteiger partial charge in [-0.25, -0.2) is 0 Å². The fraction of sp³-hybridized carbons (Fsp3) is 0.680. The Bertz CT molecular complexity index is 619. The van der Waals surface area contributed by atoms with Crippen LogP contribution in [0.2, 0.25) is 18.6 Å². The van der Waals surface area contributed by atoms with Crippen LogP contribution >= 0.6 is 23.2 Å². The van der Waals surface area contributed by atoms with Crippen LogP contribution in [-0.2, 0) is 30.3 Å². The van der Waals surface area contributed by atoms with Crippen LogP contribution in [0.5, 0.6) is 0 Å². The normalized spacial score (nSPS) is 14.6. The van der Waals surface area contributed by atoms with E-state index in [4.69, 9.17) is 41.2 Å². The van der Waals surface area contributed by atoms with E-state index in [1.54, 1.807) is 0 Å². The average Bonchev–Trinajstić information content (AvgIpc) is 2.83. The highest BCUT2D eigenvalue weighted by atomic mass is 35.5. The molecular formula is C25H44Cl2O4Si2. The van der Waals surface area contributed by atoms with Gasteiger partial charge in [-0.15, -0.1) is 23.2 Å². The van der Waals surface area contributed by atoms with Crippen LogP contribution in [0.15, 0.2) is 36.4 Å². The first-order valence-corrected chi connectivity index (χ1v) is 18.1. The van der Waals surface area contributed by atoms with Crippen LogP contribution in [0, 0.1) is 0 Å². The highest BCUT2D eigenvalue weighted by molar-refractivity contribution is 6.66. The maximum atomic E-state index is 6.32. The monoisotopic (exact) mass is 534 g/mol. The van der Waals surface area contributed by atoms with Crippen LogP contribution in [0.25, 0.3) is 0 Å². The molecule has 0 aliphatic heterocycles. The number of allylic oxidation sites excluding steroid dienone is 2. The molecule has 0 aromatic heterocycles. The summed E-state index contributed by atoms with van der Waals surface area (Å²) in [5.41, 5.74) is 2.45. The minimum atomic E-state index is -2.20. The number of alkyl halides is 2. The number of benzene rings is 1. The zero-order valence-electron chi connectivity index (χ0n) is 20.8. The second-order valence-electron chi connectivity index (χ2n) is 8.28. The maximum Gasteiger partial charge on any atom is 0.335 e. The Morgan fingerprint density at radius 2 is 1.67 bits per heavy atom. The summed E-state index contributed by atoms with van der Waals surface area (Å²) in [6, 6.07) is 10.6. The van der Waals surface area contributed by atoms with Crippen molar-refractivity contribution in [3.8, 4) is 0 Å². The number of hydrogen-bond donors (Lipinski definition) is 0. The molecule has 0 radical (unpaired) electrons. The van der Waals surface area contributed by atoms with Gasteiger partial charge in [0.2, 0.25) is 9.04 Å². The van der Waals surface area contributed by atoms with Crippen LogP contribution in [0.1, 0.15) is 50.7 Å². The average molecular weight is 536 g/mol. The zero-order valence-corrected chi connectivity index (χ0v) is 24.5. The lowest BCUT2D eigenvalue weighted by Crippen LogP contribution is -2.39. The number of ether oxygens (including phenoxy) is 1. The van der Waals surface area contributed by atoms with E-state index >= 15 is 0 Å². The van der Waals surface area contributed by atoms with Crippen molar-refractivity contribution in [1.82, 2.24) is 0 Å². The standard InChI is InChI=1S/C25H44Cl2O4Si2/c1-4-28-23-32(20-10-8-6-7-9-17-26)29-18-11-19-31-33(3,30-5-2)21-16-24-12-14-25(22-27)15-13-24/h7,9,12-15,32H,4-6,8,10-11,16-23H2,1-3H3. The van der Waals surface area contributed by atoms with Crippen molar-refractivity contribution in [2.24, 2.45) is 0 Å². The molecule has 0 saturated carbocycles. The summed E-state index contributed by atoms with van der Waals surface area (Å²) in [7, 11) is -3.53. The van der Waals surface area contributed by atoms with E-state index in [0.29, 0.717) is 25.0 Å². The molecule has 8 heteroatoms. The summed E-state index contributed by atoms with van der Waals surface area (Å²) in [5, 5.41) is 0. The van der Waals surface area contributed by atoms with Crippen LogP contribution in [0.3, 0.4) is 0 Å². The molecule has 2 atom stereocenters. The lowest BCUT2D eigenvalue weighted by Gasteiger charge is -2.27. The van der Waals surface area contributed by atoms with E-state index in [9.17, 15) is 0 Å². The van der Waals surface area contributed by atoms with Gasteiger partial charge in [-0.3, -0.25) is 0 Å². The van der Waals surface area contributed by atoms with E-state index < -0.39 is 17.6 Å². The molecule has 0 amide bonds. The van der Waals surface area contributed by atoms with Crippen molar-refractivity contribution in [3.63, 3.8) is 0 Å². The molecule has 4 nitrogen and oxygen atoms in total. The lowest BCUT2D eigenvalue weighted by atomic mass is 10.1. The largest absolute Gasteiger partial charge is 0.418 e. The minimum absolute atomic E-state index is 0.553. The Kier molecular flexibility index (Phi) is 18.7. The second kappa shape index (κ2) is 20.1. The fourth-order valence-corrected chi connectivity index (χ4v) is 8.31. The van der Waals surface area contributed by atoms with Crippen molar-refractivity contribution in [1.29, 1.82) is 0 Å². The predicted octanol–water partition coefficient (Wildman–Crippen LogP) is 6.76. The van der Waals surface area contributed by atoms with Gasteiger partial charge in [-0.2, -0.15) is 0 Å². The third-order valence-corrected chi connectivity index (χ3v) is 11.2. The molecule has 0 fully saturated rings. The predicted molar refractivity (Wildman–Crippen MR) is 146 cm³/mol. The molecule has 2 unspecified atom stereocenters. The molecular weight excluding hydrogens is 491 g/mol. The lowest BCUT2D eigenvalue weighted by molar-refractivity contribution is 0.153. The summed E-state index contributed by atoms with van der Waals surface area (Å²) >= 11 is 11.6. The van der Waals surface area contributed by atoms with Gasteiger partial charge in [0.05, 0.1) is 6.23 Å². The second-order valence-corrected chi connectivity index (χ2v) is 14.7. The van der Waals surface area contributed by atoms with Gasteiger partial charge >= 0.3 is 8.56 Å². The fourth-order valence-electron chi connectivity index (χ4n) is 3.53. The molecule has 1 rings (SSSR count). The van der Waals surface area contributed by atoms with E-state index in [-0.39, 0.29) is 0 Å². The number of halogens is 2. The van der Waals surface area contributed by atoms with Crippen molar-refractivity contribution in [2.45, 2.75) is 70.5 Å². The van der Waals surface area contributed by atoms with Crippen LogP contribution < -0.4 is 0 Å². The van der Waals surface area contributed by atoms with Crippen molar-refractivity contribution in [3.05, 3.63) is 47.5 Å². The zero-order chi connectivity index (χ0) is 24.2. The van der Waals surface area contributed by atoms with E-state index in [1.165, 1.54) is 18.4 Å². The highest BCUT2D eigenvalue weighted by Crippen LogP contribution is 2.19. The first kappa shape index (κ1) is 30.8. The summed E-state index contributed by atoms with van der Waals surface area (Å²) in [4.78, 5) is 0. The Morgan fingerprint density at radius 1 is 0.909 bits per heavy atom. The van der Waals surface area contributed by atoms with Crippen molar-refractivity contribution >= 4 is 40.8 Å². The van der Waals surface area contributed by atoms with Gasteiger partial charge in [0.25, 0.3) is 0 Å². The third-order valence-electron chi connectivity index (χ3n) is 5.45. The Hall–Kier alpha value is -0.186. The van der Waals surface area contributed by atoms with Gasteiger partial charge in [-0.1, -0.05) is 49.3 Å². The molecule has 0 saturated heterocycles. The molecule has 1 aromatic rings. The van der Waals surface area contributed by atoms with E-state index in [1.807, 2.05) is 19.9 Å². The molecule has 0 spiro atoms. The molecule has 0 aliphatic carbocycles. The molecule has 0 N–H and O–H groups in total. The molecule has 0 aliphatic rings. The number of rotatable bonds is 21. The molecule has 33 heavy (non-hydrogen) atoms. The summed E-state index contributed by atoms with van der Waals surface area (Å²) in [6.45, 7) is 9.13. The maximum absolute atomic E-state index is 6.32. The van der Waals surface area contributed by atoms with Gasteiger partial charge in [0.1, 0.15) is 0 Å². The minimum Gasteiger partial charge on any atom is -0.418 e. The van der Waals surface area contributed by atoms with Gasteiger partial charge in [0, 0.05) is 38.2 Å². The Balaban J connectivity index is 2.34. The molecule has 0 bridgehead atoms. The first-order valence-electron chi connectivity index (χ1n) is 12.4.